The van der Waals surface area contributed by atoms with Crippen molar-refractivity contribution in [3.8, 4) is 5.82 Å². The van der Waals surface area contributed by atoms with Gasteiger partial charge in [0, 0.05) is 11.8 Å². The molecule has 0 unspecified atom stereocenters. The molecule has 0 saturated heterocycles. The summed E-state index contributed by atoms with van der Waals surface area (Å²) < 4.78 is 39.6. The molecule has 5 nitrogen and oxygen atoms in total. The lowest BCUT2D eigenvalue weighted by atomic mass is 10.1. The van der Waals surface area contributed by atoms with Gasteiger partial charge in [-0.05, 0) is 25.8 Å². The zero-order chi connectivity index (χ0) is 15.1. The Kier molecular flexibility index (Phi) is 3.41. The normalized spacial score (nSPS) is 11.9. The quantitative estimate of drug-likeness (QED) is 0.920. The maximum Gasteiger partial charge on any atom is 0.433 e. The number of aromatic nitrogens is 4. The van der Waals surface area contributed by atoms with E-state index in [4.69, 9.17) is 5.73 Å². The molecule has 2 aromatic rings. The Balaban J connectivity index is 2.62. The van der Waals surface area contributed by atoms with Crippen molar-refractivity contribution in [3.63, 3.8) is 0 Å². The summed E-state index contributed by atoms with van der Waals surface area (Å²) in [7, 11) is 0. The Morgan fingerprint density at radius 1 is 1.25 bits per heavy atom. The molecule has 0 aliphatic heterocycles. The first-order chi connectivity index (χ1) is 9.24. The zero-order valence-electron chi connectivity index (χ0n) is 11.3. The molecule has 0 aliphatic rings. The summed E-state index contributed by atoms with van der Waals surface area (Å²) in [6.45, 7) is 5.54. The van der Waals surface area contributed by atoms with Gasteiger partial charge < -0.3 is 5.73 Å². The molecule has 108 valence electrons. The summed E-state index contributed by atoms with van der Waals surface area (Å²) in [4.78, 5) is 7.04. The average molecular weight is 285 g/mol. The van der Waals surface area contributed by atoms with Gasteiger partial charge in [0.25, 0.3) is 0 Å². The van der Waals surface area contributed by atoms with Crippen molar-refractivity contribution in [1.82, 2.24) is 19.7 Å². The minimum Gasteiger partial charge on any atom is -0.368 e. The van der Waals surface area contributed by atoms with E-state index in [0.717, 1.165) is 29.4 Å². The van der Waals surface area contributed by atoms with E-state index in [-0.39, 0.29) is 5.82 Å². The topological polar surface area (TPSA) is 69.6 Å². The van der Waals surface area contributed by atoms with E-state index in [1.807, 2.05) is 6.92 Å². The van der Waals surface area contributed by atoms with Crippen molar-refractivity contribution < 1.29 is 13.2 Å². The number of nitrogen functional groups attached to an aromatic ring is 1. The number of alkyl halides is 3. The zero-order valence-corrected chi connectivity index (χ0v) is 11.3. The van der Waals surface area contributed by atoms with Crippen molar-refractivity contribution in [3.05, 3.63) is 28.7 Å². The molecular weight excluding hydrogens is 271 g/mol. The Bertz CT molecular complexity index is 645. The number of nitrogens with zero attached hydrogens (tertiary/aromatic N) is 4. The van der Waals surface area contributed by atoms with Crippen LogP contribution < -0.4 is 5.73 Å². The SMILES string of the molecule is CCc1c(C)nn(-c2cc(C(F)(F)F)nc(N)n2)c1C. The molecular formula is C12H14F3N5. The van der Waals surface area contributed by atoms with Crippen LogP contribution in [-0.4, -0.2) is 19.7 Å². The summed E-state index contributed by atoms with van der Waals surface area (Å²) >= 11 is 0. The predicted octanol–water partition coefficient (Wildman–Crippen LogP) is 2.44. The van der Waals surface area contributed by atoms with Gasteiger partial charge in [0.1, 0.15) is 0 Å². The maximum atomic E-state index is 12.7. The van der Waals surface area contributed by atoms with Gasteiger partial charge in [-0.3, -0.25) is 0 Å². The van der Waals surface area contributed by atoms with Crippen LogP contribution in [0.3, 0.4) is 0 Å². The molecule has 0 atom stereocenters. The minimum absolute atomic E-state index is 0.0186. The molecule has 0 amide bonds. The molecule has 0 saturated carbocycles. The first-order valence-corrected chi connectivity index (χ1v) is 6.01. The van der Waals surface area contributed by atoms with Crippen molar-refractivity contribution in [1.29, 1.82) is 0 Å². The molecule has 0 aromatic carbocycles. The van der Waals surface area contributed by atoms with Gasteiger partial charge in [-0.25, -0.2) is 9.67 Å². The first-order valence-electron chi connectivity index (χ1n) is 6.01. The first kappa shape index (κ1) is 14.3. The summed E-state index contributed by atoms with van der Waals surface area (Å²) in [6, 6.07) is 0.842. The number of halogens is 3. The molecule has 0 aliphatic carbocycles. The second-order valence-corrected chi connectivity index (χ2v) is 4.38. The summed E-state index contributed by atoms with van der Waals surface area (Å²) in [5.74, 6) is -0.412. The van der Waals surface area contributed by atoms with E-state index in [2.05, 4.69) is 15.1 Å². The van der Waals surface area contributed by atoms with Crippen molar-refractivity contribution in [2.24, 2.45) is 0 Å². The van der Waals surface area contributed by atoms with Crippen LogP contribution in [0.25, 0.3) is 5.82 Å². The van der Waals surface area contributed by atoms with E-state index >= 15 is 0 Å². The standard InChI is InChI=1S/C12H14F3N5/c1-4-8-6(2)19-20(7(8)3)10-5-9(12(13,14)15)17-11(16)18-10/h5H,4H2,1-3H3,(H2,16,17,18). The van der Waals surface area contributed by atoms with Crippen molar-refractivity contribution >= 4 is 5.95 Å². The van der Waals surface area contributed by atoms with Crippen LogP contribution in [0.1, 0.15) is 29.6 Å². The van der Waals surface area contributed by atoms with Crippen LogP contribution in [0, 0.1) is 13.8 Å². The summed E-state index contributed by atoms with van der Waals surface area (Å²) in [6.07, 6.45) is -3.83. The van der Waals surface area contributed by atoms with Gasteiger partial charge in [-0.2, -0.15) is 23.3 Å². The molecule has 0 bridgehead atoms. The summed E-state index contributed by atoms with van der Waals surface area (Å²) in [5.41, 5.74) is 6.77. The van der Waals surface area contributed by atoms with E-state index in [1.165, 1.54) is 4.68 Å². The highest BCUT2D eigenvalue weighted by Crippen LogP contribution is 2.29. The molecule has 2 N–H and O–H groups in total. The van der Waals surface area contributed by atoms with Crippen LogP contribution >= 0.6 is 0 Å². The average Bonchev–Trinajstić information content (AvgIpc) is 2.62. The van der Waals surface area contributed by atoms with Gasteiger partial charge in [0.15, 0.2) is 11.5 Å². The second-order valence-electron chi connectivity index (χ2n) is 4.38. The fraction of sp³-hybridized carbons (Fsp3) is 0.417. The Hall–Kier alpha value is -2.12. The highest BCUT2D eigenvalue weighted by atomic mass is 19.4. The van der Waals surface area contributed by atoms with Crippen LogP contribution in [0.5, 0.6) is 0 Å². The lowest BCUT2D eigenvalue weighted by Gasteiger charge is -2.09. The van der Waals surface area contributed by atoms with Crippen LogP contribution in [0.2, 0.25) is 0 Å². The Morgan fingerprint density at radius 3 is 2.40 bits per heavy atom. The predicted molar refractivity (Wildman–Crippen MR) is 67.4 cm³/mol. The van der Waals surface area contributed by atoms with Gasteiger partial charge in [0.05, 0.1) is 5.69 Å². The van der Waals surface area contributed by atoms with Gasteiger partial charge in [-0.1, -0.05) is 6.92 Å². The molecule has 0 spiro atoms. The van der Waals surface area contributed by atoms with E-state index in [9.17, 15) is 13.2 Å². The molecule has 2 aromatic heterocycles. The lowest BCUT2D eigenvalue weighted by Crippen LogP contribution is -2.14. The second kappa shape index (κ2) is 4.77. The lowest BCUT2D eigenvalue weighted by molar-refractivity contribution is -0.141. The van der Waals surface area contributed by atoms with Crippen LogP contribution in [0.4, 0.5) is 19.1 Å². The molecule has 0 radical (unpaired) electrons. The summed E-state index contributed by atoms with van der Waals surface area (Å²) in [5, 5.41) is 4.22. The smallest absolute Gasteiger partial charge is 0.368 e. The maximum absolute atomic E-state index is 12.7. The van der Waals surface area contributed by atoms with E-state index in [0.29, 0.717) is 0 Å². The fourth-order valence-corrected chi connectivity index (χ4v) is 2.12. The number of hydrogen-bond donors (Lipinski definition) is 1. The van der Waals surface area contributed by atoms with Gasteiger partial charge >= 0.3 is 6.18 Å². The minimum atomic E-state index is -4.57. The third kappa shape index (κ3) is 2.45. The molecule has 8 heteroatoms. The Morgan fingerprint density at radius 2 is 1.90 bits per heavy atom. The largest absolute Gasteiger partial charge is 0.433 e. The third-order valence-electron chi connectivity index (χ3n) is 3.03. The molecule has 0 fully saturated rings. The monoisotopic (exact) mass is 285 g/mol. The van der Waals surface area contributed by atoms with Crippen molar-refractivity contribution in [2.75, 3.05) is 5.73 Å². The van der Waals surface area contributed by atoms with Gasteiger partial charge in [0.2, 0.25) is 5.95 Å². The number of anilines is 1. The fourth-order valence-electron chi connectivity index (χ4n) is 2.12. The number of hydrogen-bond acceptors (Lipinski definition) is 4. The van der Waals surface area contributed by atoms with E-state index in [1.54, 1.807) is 13.8 Å². The number of nitrogens with two attached hydrogens (primary N) is 1. The Labute approximate surface area is 113 Å². The molecule has 20 heavy (non-hydrogen) atoms. The number of aryl methyl sites for hydroxylation is 1. The highest BCUT2D eigenvalue weighted by Gasteiger charge is 2.34. The third-order valence-corrected chi connectivity index (χ3v) is 3.03. The number of rotatable bonds is 2. The van der Waals surface area contributed by atoms with E-state index < -0.39 is 17.8 Å². The molecule has 2 heterocycles. The van der Waals surface area contributed by atoms with Crippen molar-refractivity contribution in [2.45, 2.75) is 33.4 Å². The molecule has 2 rings (SSSR count). The van der Waals surface area contributed by atoms with Crippen LogP contribution in [-0.2, 0) is 12.6 Å². The van der Waals surface area contributed by atoms with Crippen LogP contribution in [0.15, 0.2) is 6.07 Å². The van der Waals surface area contributed by atoms with Gasteiger partial charge in [-0.15, -0.1) is 0 Å². The highest BCUT2D eigenvalue weighted by molar-refractivity contribution is 5.37.